The van der Waals surface area contributed by atoms with E-state index in [2.05, 4.69) is 20.4 Å². The quantitative estimate of drug-likeness (QED) is 0.399. The summed E-state index contributed by atoms with van der Waals surface area (Å²) in [6, 6.07) is 13.9. The van der Waals surface area contributed by atoms with Gasteiger partial charge in [-0.15, -0.1) is 10.2 Å². The van der Waals surface area contributed by atoms with Crippen molar-refractivity contribution < 1.29 is 9.53 Å². The Morgan fingerprint density at radius 2 is 1.78 bits per heavy atom. The Labute approximate surface area is 192 Å². The molecule has 0 atom stereocenters. The van der Waals surface area contributed by atoms with Gasteiger partial charge in [0, 0.05) is 24.5 Å². The van der Waals surface area contributed by atoms with Crippen molar-refractivity contribution in [1.82, 2.24) is 14.9 Å². The molecule has 3 N–H and O–H groups in total. The van der Waals surface area contributed by atoms with E-state index in [1.165, 1.54) is 35.0 Å². The van der Waals surface area contributed by atoms with Gasteiger partial charge in [0.2, 0.25) is 11.1 Å². The first-order valence-corrected chi connectivity index (χ1v) is 11.7. The molecular weight excluding hydrogens is 424 g/mol. The zero-order valence-electron chi connectivity index (χ0n) is 18.4. The number of amides is 1. The molecule has 9 heteroatoms. The normalized spacial score (nSPS) is 13.4. The van der Waals surface area contributed by atoms with Gasteiger partial charge in [-0.2, -0.15) is 0 Å². The summed E-state index contributed by atoms with van der Waals surface area (Å²) >= 11 is 1.24. The van der Waals surface area contributed by atoms with Crippen LogP contribution in [-0.4, -0.2) is 39.6 Å². The molecule has 0 aliphatic carbocycles. The lowest BCUT2D eigenvalue weighted by Crippen LogP contribution is -2.19. The van der Waals surface area contributed by atoms with Crippen molar-refractivity contribution in [3.8, 4) is 5.75 Å². The van der Waals surface area contributed by atoms with Gasteiger partial charge in [-0.3, -0.25) is 4.79 Å². The number of hydrogen-bond donors (Lipinski definition) is 2. The molecule has 1 fully saturated rings. The summed E-state index contributed by atoms with van der Waals surface area (Å²) in [6.07, 6.45) is 2.47. The van der Waals surface area contributed by atoms with Gasteiger partial charge in [0.25, 0.3) is 0 Å². The Kier molecular flexibility index (Phi) is 6.84. The van der Waals surface area contributed by atoms with Crippen LogP contribution in [0.1, 0.15) is 29.8 Å². The van der Waals surface area contributed by atoms with E-state index in [0.29, 0.717) is 11.0 Å². The third-order valence-corrected chi connectivity index (χ3v) is 6.39. The van der Waals surface area contributed by atoms with E-state index in [-0.39, 0.29) is 18.3 Å². The first-order chi connectivity index (χ1) is 15.5. The molecule has 0 spiro atoms. The van der Waals surface area contributed by atoms with Crippen LogP contribution >= 0.6 is 11.8 Å². The number of nitrogens with one attached hydrogen (secondary N) is 1. The van der Waals surface area contributed by atoms with Crippen molar-refractivity contribution in [2.75, 3.05) is 34.9 Å². The van der Waals surface area contributed by atoms with Crippen molar-refractivity contribution in [3.63, 3.8) is 0 Å². The number of nitrogen functional groups attached to an aromatic ring is 1. The molecule has 1 amide bonds. The number of anilines is 2. The third-order valence-electron chi connectivity index (χ3n) is 5.44. The topological polar surface area (TPSA) is 98.3 Å². The fourth-order valence-electron chi connectivity index (χ4n) is 3.73. The highest BCUT2D eigenvalue weighted by molar-refractivity contribution is 7.99. The van der Waals surface area contributed by atoms with Crippen molar-refractivity contribution in [2.45, 2.75) is 38.5 Å². The molecule has 8 nitrogen and oxygen atoms in total. The number of thioether (sulfide) groups is 1. The molecule has 2 heterocycles. The molecule has 0 radical (unpaired) electrons. The fraction of sp³-hybridized carbons (Fsp3) is 0.348. The van der Waals surface area contributed by atoms with Gasteiger partial charge >= 0.3 is 0 Å². The van der Waals surface area contributed by atoms with Gasteiger partial charge in [0.05, 0.1) is 5.75 Å². The van der Waals surface area contributed by atoms with Crippen LogP contribution in [0.25, 0.3) is 0 Å². The van der Waals surface area contributed by atoms with Gasteiger partial charge < -0.3 is 20.8 Å². The molecular formula is C23H28N6O2S. The number of aryl methyl sites for hydroxylation is 2. The average Bonchev–Trinajstić information content (AvgIpc) is 3.43. The summed E-state index contributed by atoms with van der Waals surface area (Å²) in [5.74, 6) is 7.48. The smallest absolute Gasteiger partial charge is 0.234 e. The maximum Gasteiger partial charge on any atom is 0.234 e. The predicted octanol–water partition coefficient (Wildman–Crippen LogP) is 3.52. The number of benzene rings is 2. The molecule has 2 aromatic carbocycles. The highest BCUT2D eigenvalue weighted by atomic mass is 32.2. The number of hydrogen-bond acceptors (Lipinski definition) is 7. The van der Waals surface area contributed by atoms with E-state index in [0.717, 1.165) is 35.7 Å². The first-order valence-electron chi connectivity index (χ1n) is 10.7. The van der Waals surface area contributed by atoms with Gasteiger partial charge in [-0.25, -0.2) is 4.68 Å². The highest BCUT2D eigenvalue weighted by Gasteiger charge is 2.15. The molecule has 1 aromatic heterocycles. The predicted molar refractivity (Wildman–Crippen MR) is 128 cm³/mol. The number of ether oxygens (including phenoxy) is 1. The van der Waals surface area contributed by atoms with Crippen molar-refractivity contribution in [3.05, 3.63) is 59.4 Å². The Hall–Kier alpha value is -3.20. The van der Waals surface area contributed by atoms with E-state index < -0.39 is 0 Å². The number of nitrogens with two attached hydrogens (primary N) is 1. The summed E-state index contributed by atoms with van der Waals surface area (Å²) in [4.78, 5) is 14.7. The monoisotopic (exact) mass is 452 g/mol. The molecule has 0 saturated carbocycles. The number of nitrogens with zero attached hydrogens (tertiary/aromatic N) is 4. The Morgan fingerprint density at radius 3 is 2.47 bits per heavy atom. The van der Waals surface area contributed by atoms with Crippen LogP contribution in [0.15, 0.2) is 47.6 Å². The van der Waals surface area contributed by atoms with Crippen molar-refractivity contribution in [2.24, 2.45) is 0 Å². The molecule has 1 aliphatic heterocycles. The van der Waals surface area contributed by atoms with Crippen LogP contribution in [0.3, 0.4) is 0 Å². The van der Waals surface area contributed by atoms with Crippen LogP contribution in [0.5, 0.6) is 5.75 Å². The lowest BCUT2D eigenvalue weighted by atomic mass is 10.1. The zero-order chi connectivity index (χ0) is 22.5. The van der Waals surface area contributed by atoms with Crippen LogP contribution in [0.4, 0.5) is 11.4 Å². The van der Waals surface area contributed by atoms with Crippen LogP contribution < -0.4 is 20.8 Å². The first kappa shape index (κ1) is 22.0. The van der Waals surface area contributed by atoms with E-state index in [1.54, 1.807) is 0 Å². The van der Waals surface area contributed by atoms with Crippen molar-refractivity contribution >= 4 is 29.0 Å². The van der Waals surface area contributed by atoms with E-state index in [1.807, 2.05) is 56.3 Å². The average molecular weight is 453 g/mol. The van der Waals surface area contributed by atoms with Gasteiger partial charge in [0.1, 0.15) is 12.4 Å². The SMILES string of the molecule is Cc1cccc(C)c1OCc1nnc(SCC(=O)Nc2ccc(N3CCCC3)cc2)n1N. The summed E-state index contributed by atoms with van der Waals surface area (Å²) in [5.41, 5.74) is 4.07. The third kappa shape index (κ3) is 5.16. The molecule has 0 unspecified atom stereocenters. The summed E-state index contributed by atoms with van der Waals surface area (Å²) in [6.45, 7) is 6.38. The van der Waals surface area contributed by atoms with E-state index in [9.17, 15) is 4.79 Å². The lowest BCUT2D eigenvalue weighted by molar-refractivity contribution is -0.113. The second kappa shape index (κ2) is 9.95. The van der Waals surface area contributed by atoms with Gasteiger partial charge in [-0.1, -0.05) is 30.0 Å². The minimum atomic E-state index is -0.125. The molecule has 4 rings (SSSR count). The lowest BCUT2D eigenvalue weighted by Gasteiger charge is -2.17. The minimum absolute atomic E-state index is 0.125. The second-order valence-corrected chi connectivity index (χ2v) is 8.80. The largest absolute Gasteiger partial charge is 0.485 e. The maximum atomic E-state index is 12.4. The summed E-state index contributed by atoms with van der Waals surface area (Å²) < 4.78 is 7.27. The van der Waals surface area contributed by atoms with Gasteiger partial charge in [0.15, 0.2) is 5.82 Å². The summed E-state index contributed by atoms with van der Waals surface area (Å²) in [5, 5.41) is 11.6. The van der Waals surface area contributed by atoms with E-state index >= 15 is 0 Å². The second-order valence-electron chi connectivity index (χ2n) is 7.86. The highest BCUT2D eigenvalue weighted by Crippen LogP contribution is 2.24. The molecule has 1 aliphatic rings. The molecule has 0 bridgehead atoms. The Balaban J connectivity index is 1.28. The number of para-hydroxylation sites is 1. The van der Waals surface area contributed by atoms with Crippen LogP contribution in [0, 0.1) is 13.8 Å². The van der Waals surface area contributed by atoms with Crippen molar-refractivity contribution in [1.29, 1.82) is 0 Å². The number of rotatable bonds is 8. The Bertz CT molecular complexity index is 1060. The van der Waals surface area contributed by atoms with E-state index in [4.69, 9.17) is 10.6 Å². The standard InChI is InChI=1S/C23H28N6O2S/c1-16-6-5-7-17(2)22(16)31-14-20-26-27-23(29(20)24)32-15-21(30)25-18-8-10-19(11-9-18)28-12-3-4-13-28/h5-11H,3-4,12-15,24H2,1-2H3,(H,25,30). The van der Waals surface area contributed by atoms with Crippen LogP contribution in [0.2, 0.25) is 0 Å². The molecule has 3 aromatic rings. The molecule has 1 saturated heterocycles. The number of carbonyl (C=O) groups excluding carboxylic acids is 1. The minimum Gasteiger partial charge on any atom is -0.485 e. The van der Waals surface area contributed by atoms with Gasteiger partial charge in [-0.05, 0) is 62.1 Å². The summed E-state index contributed by atoms with van der Waals surface area (Å²) in [7, 11) is 0. The van der Waals surface area contributed by atoms with Crippen LogP contribution in [-0.2, 0) is 11.4 Å². The Morgan fingerprint density at radius 1 is 1.09 bits per heavy atom. The maximum absolute atomic E-state index is 12.4. The molecule has 168 valence electrons. The number of aromatic nitrogens is 3. The number of carbonyl (C=O) groups is 1. The molecule has 32 heavy (non-hydrogen) atoms. The fourth-order valence-corrected chi connectivity index (χ4v) is 4.40. The zero-order valence-corrected chi connectivity index (χ0v) is 19.2.